The fourth-order valence-electron chi connectivity index (χ4n) is 2.24. The Morgan fingerprint density at radius 1 is 1.38 bits per heavy atom. The summed E-state index contributed by atoms with van der Waals surface area (Å²) in [7, 11) is -7.18. The highest BCUT2D eigenvalue weighted by molar-refractivity contribution is 7.91. The molecular weight excluding hydrogens is 321 g/mol. The van der Waals surface area contributed by atoms with Gasteiger partial charge in [-0.15, -0.1) is 0 Å². The number of sulfonamides is 1. The Kier molecular flexibility index (Phi) is 4.66. The van der Waals surface area contributed by atoms with Crippen LogP contribution in [-0.2, 0) is 26.5 Å². The van der Waals surface area contributed by atoms with Gasteiger partial charge in [0, 0.05) is 11.6 Å². The number of sulfone groups is 1. The molecule has 118 valence electrons. The molecule has 1 heterocycles. The van der Waals surface area contributed by atoms with E-state index in [9.17, 15) is 21.2 Å². The lowest BCUT2D eigenvalue weighted by Gasteiger charge is -2.23. The Balaban J connectivity index is 2.22. The molecule has 1 saturated heterocycles. The van der Waals surface area contributed by atoms with Crippen molar-refractivity contribution >= 4 is 19.9 Å². The van der Waals surface area contributed by atoms with E-state index in [0.29, 0.717) is 12.8 Å². The number of halogens is 1. The summed E-state index contributed by atoms with van der Waals surface area (Å²) in [5, 5.41) is 8.96. The normalized spacial score (nSPS) is 22.1. The summed E-state index contributed by atoms with van der Waals surface area (Å²) in [5.41, 5.74) is -0.130. The molecule has 0 aliphatic carbocycles. The second-order valence-corrected chi connectivity index (χ2v) is 8.93. The first-order chi connectivity index (χ1) is 9.73. The van der Waals surface area contributed by atoms with Gasteiger partial charge >= 0.3 is 0 Å². The lowest BCUT2D eigenvalue weighted by atomic mass is 10.2. The monoisotopic (exact) mass is 337 g/mol. The van der Waals surface area contributed by atoms with E-state index in [4.69, 9.17) is 5.11 Å². The van der Waals surface area contributed by atoms with Gasteiger partial charge in [-0.25, -0.2) is 25.9 Å². The lowest BCUT2D eigenvalue weighted by molar-refractivity contribution is 0.275. The van der Waals surface area contributed by atoms with E-state index in [1.54, 1.807) is 0 Å². The molecular formula is C12H16FNO5S2. The quantitative estimate of drug-likeness (QED) is 0.816. The summed E-state index contributed by atoms with van der Waals surface area (Å²) < 4.78 is 63.0. The van der Waals surface area contributed by atoms with Crippen LogP contribution in [0.1, 0.15) is 18.4 Å². The van der Waals surface area contributed by atoms with Crippen molar-refractivity contribution in [2.24, 2.45) is 0 Å². The van der Waals surface area contributed by atoms with Crippen LogP contribution in [0, 0.1) is 5.82 Å². The van der Waals surface area contributed by atoms with Crippen LogP contribution in [0.2, 0.25) is 0 Å². The van der Waals surface area contributed by atoms with Crippen molar-refractivity contribution in [3.63, 3.8) is 0 Å². The van der Waals surface area contributed by atoms with Crippen LogP contribution in [0.15, 0.2) is 23.1 Å². The number of aliphatic hydroxyl groups excluding tert-OH is 1. The summed E-state index contributed by atoms with van der Waals surface area (Å²) in [6.45, 7) is -0.618. The third-order valence-electron chi connectivity index (χ3n) is 3.28. The summed E-state index contributed by atoms with van der Waals surface area (Å²) in [6, 6.07) is 2.39. The van der Waals surface area contributed by atoms with E-state index in [-0.39, 0.29) is 22.0 Å². The summed E-state index contributed by atoms with van der Waals surface area (Å²) in [6.07, 6.45) is 0.841. The van der Waals surface area contributed by atoms with Crippen LogP contribution in [0.4, 0.5) is 4.39 Å². The van der Waals surface area contributed by atoms with Crippen molar-refractivity contribution < 1.29 is 26.3 Å². The maximum absolute atomic E-state index is 13.3. The minimum absolute atomic E-state index is 0.0659. The van der Waals surface area contributed by atoms with Crippen LogP contribution >= 0.6 is 0 Å². The van der Waals surface area contributed by atoms with Crippen LogP contribution in [0.3, 0.4) is 0 Å². The topological polar surface area (TPSA) is 101 Å². The van der Waals surface area contributed by atoms with Crippen molar-refractivity contribution in [2.75, 3.05) is 11.5 Å². The molecule has 0 amide bonds. The first-order valence-corrected chi connectivity index (χ1v) is 9.66. The van der Waals surface area contributed by atoms with E-state index in [2.05, 4.69) is 4.72 Å². The lowest BCUT2D eigenvalue weighted by Crippen LogP contribution is -2.43. The Hall–Kier alpha value is -1.03. The van der Waals surface area contributed by atoms with Crippen LogP contribution in [0.25, 0.3) is 0 Å². The molecule has 0 aromatic heterocycles. The molecule has 0 radical (unpaired) electrons. The van der Waals surface area contributed by atoms with Crippen LogP contribution < -0.4 is 4.72 Å². The molecule has 1 unspecified atom stereocenters. The van der Waals surface area contributed by atoms with Crippen LogP contribution in [-0.4, -0.2) is 39.5 Å². The Morgan fingerprint density at radius 2 is 2.10 bits per heavy atom. The Morgan fingerprint density at radius 3 is 2.71 bits per heavy atom. The largest absolute Gasteiger partial charge is 0.392 e. The smallest absolute Gasteiger partial charge is 0.240 e. The fraction of sp³-hybridized carbons (Fsp3) is 0.500. The molecule has 1 atom stereocenters. The van der Waals surface area contributed by atoms with E-state index in [1.165, 1.54) is 0 Å². The second kappa shape index (κ2) is 5.99. The number of rotatable bonds is 4. The standard InChI is InChI=1S/C12H16FNO5S2/c13-12-4-3-11(6-9(12)7-15)21(18,19)14-10-2-1-5-20(16,17)8-10/h3-4,6,10,14-15H,1-2,5,7-8H2. The van der Waals surface area contributed by atoms with Gasteiger partial charge in [0.05, 0.1) is 23.0 Å². The zero-order valence-electron chi connectivity index (χ0n) is 11.1. The third-order valence-corrected chi connectivity index (χ3v) is 6.62. The maximum atomic E-state index is 13.3. The Labute approximate surface area is 123 Å². The number of hydrogen-bond acceptors (Lipinski definition) is 5. The minimum atomic E-state index is -3.95. The average molecular weight is 337 g/mol. The van der Waals surface area contributed by atoms with Gasteiger partial charge in [0.15, 0.2) is 9.84 Å². The molecule has 1 aromatic rings. The minimum Gasteiger partial charge on any atom is -0.392 e. The predicted octanol–water partition coefficient (Wildman–Crippen LogP) is 0.174. The van der Waals surface area contributed by atoms with Crippen molar-refractivity contribution in [1.82, 2.24) is 4.72 Å². The van der Waals surface area contributed by atoms with Gasteiger partial charge in [-0.2, -0.15) is 0 Å². The number of hydrogen-bond donors (Lipinski definition) is 2. The van der Waals surface area contributed by atoms with E-state index in [1.807, 2.05) is 0 Å². The zero-order valence-corrected chi connectivity index (χ0v) is 12.8. The predicted molar refractivity (Wildman–Crippen MR) is 74.3 cm³/mol. The zero-order chi connectivity index (χ0) is 15.7. The van der Waals surface area contributed by atoms with E-state index < -0.39 is 38.3 Å². The molecule has 9 heteroatoms. The van der Waals surface area contributed by atoms with Gasteiger partial charge in [-0.1, -0.05) is 0 Å². The summed E-state index contributed by atoms with van der Waals surface area (Å²) in [4.78, 5) is -0.198. The van der Waals surface area contributed by atoms with E-state index in [0.717, 1.165) is 18.2 Å². The molecule has 0 spiro atoms. The van der Waals surface area contributed by atoms with Gasteiger partial charge in [0.25, 0.3) is 0 Å². The highest BCUT2D eigenvalue weighted by Gasteiger charge is 2.29. The number of benzene rings is 1. The fourth-order valence-corrected chi connectivity index (χ4v) is 5.31. The van der Waals surface area contributed by atoms with Gasteiger partial charge in [-0.05, 0) is 31.0 Å². The average Bonchev–Trinajstić information content (AvgIpc) is 2.37. The van der Waals surface area contributed by atoms with Crippen molar-refractivity contribution in [2.45, 2.75) is 30.4 Å². The molecule has 1 aromatic carbocycles. The number of nitrogens with one attached hydrogen (secondary N) is 1. The molecule has 2 N–H and O–H groups in total. The Bertz CT molecular complexity index is 730. The highest BCUT2D eigenvalue weighted by Crippen LogP contribution is 2.18. The van der Waals surface area contributed by atoms with Gasteiger partial charge in [-0.3, -0.25) is 0 Å². The van der Waals surface area contributed by atoms with Crippen molar-refractivity contribution in [1.29, 1.82) is 0 Å². The summed E-state index contributed by atoms with van der Waals surface area (Å²) >= 11 is 0. The second-order valence-electron chi connectivity index (χ2n) is 4.99. The molecule has 6 nitrogen and oxygen atoms in total. The number of aliphatic hydroxyl groups is 1. The van der Waals surface area contributed by atoms with Crippen LogP contribution in [0.5, 0.6) is 0 Å². The van der Waals surface area contributed by atoms with Crippen molar-refractivity contribution in [3.8, 4) is 0 Å². The SMILES string of the molecule is O=S1(=O)CCCC(NS(=O)(=O)c2ccc(F)c(CO)c2)C1. The molecule has 0 saturated carbocycles. The summed E-state index contributed by atoms with van der Waals surface area (Å²) in [5.74, 6) is -0.867. The van der Waals surface area contributed by atoms with Gasteiger partial charge in [0.1, 0.15) is 5.82 Å². The first-order valence-electron chi connectivity index (χ1n) is 6.35. The molecule has 2 rings (SSSR count). The molecule has 21 heavy (non-hydrogen) atoms. The molecule has 0 bridgehead atoms. The van der Waals surface area contributed by atoms with Gasteiger partial charge in [0.2, 0.25) is 10.0 Å². The molecule has 1 aliphatic rings. The third kappa shape index (κ3) is 4.00. The first kappa shape index (κ1) is 16.3. The van der Waals surface area contributed by atoms with Gasteiger partial charge < -0.3 is 5.11 Å². The maximum Gasteiger partial charge on any atom is 0.240 e. The van der Waals surface area contributed by atoms with E-state index >= 15 is 0 Å². The van der Waals surface area contributed by atoms with Crippen molar-refractivity contribution in [3.05, 3.63) is 29.6 Å². The molecule has 1 aliphatic heterocycles. The highest BCUT2D eigenvalue weighted by atomic mass is 32.2. The molecule has 1 fully saturated rings.